The first-order chi connectivity index (χ1) is 4.43. The third-order valence-electron chi connectivity index (χ3n) is 1.04. The highest BCUT2D eigenvalue weighted by Crippen LogP contribution is 2.01. The van der Waals surface area contributed by atoms with Crippen LogP contribution in [-0.2, 0) is 4.79 Å². The number of hydrogen-bond donors (Lipinski definition) is 0. The lowest BCUT2D eigenvalue weighted by Gasteiger charge is -1.90. The highest BCUT2D eigenvalue weighted by atomic mass is 16.1. The Morgan fingerprint density at radius 2 is 2.44 bits per heavy atom. The Labute approximate surface area is 53.7 Å². The van der Waals surface area contributed by atoms with Crippen molar-refractivity contribution >= 4 is 6.29 Å². The molecule has 1 nitrogen and oxygen atoms in total. The highest BCUT2D eigenvalue weighted by molar-refractivity contribution is 5.56. The summed E-state index contributed by atoms with van der Waals surface area (Å²) in [4.78, 5) is 9.95. The molecule has 9 heavy (non-hydrogen) atoms. The lowest BCUT2D eigenvalue weighted by molar-refractivity contribution is -0.107. The summed E-state index contributed by atoms with van der Waals surface area (Å²) in [6, 6.07) is 0. The summed E-state index contributed by atoms with van der Waals surface area (Å²) in [6.45, 7) is 0. The molecule has 0 heterocycles. The molecule has 1 aliphatic rings. The standard InChI is InChI=1S/C8H6O/c9-7-6-8-4-2-1-3-5-8/h2,4-5,7H,6H2. The molecule has 0 N–H and O–H groups in total. The number of aldehydes is 1. The van der Waals surface area contributed by atoms with Crippen molar-refractivity contribution in [2.24, 2.45) is 0 Å². The van der Waals surface area contributed by atoms with E-state index in [9.17, 15) is 4.79 Å². The molecular formula is C8H6O. The number of rotatable bonds is 2. The SMILES string of the molecule is O=CCC1=CC=C=C=C1. The zero-order chi connectivity index (χ0) is 6.53. The van der Waals surface area contributed by atoms with E-state index in [2.05, 4.69) is 11.5 Å². The van der Waals surface area contributed by atoms with Crippen molar-refractivity contribution in [1.29, 1.82) is 0 Å². The summed E-state index contributed by atoms with van der Waals surface area (Å²) < 4.78 is 0. The van der Waals surface area contributed by atoms with Crippen LogP contribution in [-0.4, -0.2) is 6.29 Å². The van der Waals surface area contributed by atoms with Crippen LogP contribution in [0, 0.1) is 0 Å². The summed E-state index contributed by atoms with van der Waals surface area (Å²) in [6.07, 6.45) is 6.71. The summed E-state index contributed by atoms with van der Waals surface area (Å²) in [5.74, 6) is 0. The van der Waals surface area contributed by atoms with Gasteiger partial charge in [-0.2, -0.15) is 0 Å². The topological polar surface area (TPSA) is 17.1 Å². The van der Waals surface area contributed by atoms with E-state index in [1.165, 1.54) is 0 Å². The second-order valence-electron chi connectivity index (χ2n) is 1.71. The van der Waals surface area contributed by atoms with E-state index in [0.717, 1.165) is 11.9 Å². The first-order valence-electron chi connectivity index (χ1n) is 2.74. The van der Waals surface area contributed by atoms with E-state index in [4.69, 9.17) is 0 Å². The Balaban J connectivity index is 2.67. The normalized spacial score (nSPS) is 13.6. The molecular weight excluding hydrogens is 112 g/mol. The third-order valence-corrected chi connectivity index (χ3v) is 1.04. The van der Waals surface area contributed by atoms with Gasteiger partial charge in [0.05, 0.1) is 0 Å². The van der Waals surface area contributed by atoms with Gasteiger partial charge in [0, 0.05) is 6.42 Å². The molecule has 1 heteroatoms. The fourth-order valence-electron chi connectivity index (χ4n) is 0.602. The van der Waals surface area contributed by atoms with Gasteiger partial charge >= 0.3 is 0 Å². The van der Waals surface area contributed by atoms with Crippen molar-refractivity contribution < 1.29 is 4.79 Å². The van der Waals surface area contributed by atoms with Gasteiger partial charge in [0.15, 0.2) is 0 Å². The molecule has 0 unspecified atom stereocenters. The van der Waals surface area contributed by atoms with Crippen molar-refractivity contribution in [2.45, 2.75) is 6.42 Å². The quantitative estimate of drug-likeness (QED) is 0.395. The predicted molar refractivity (Wildman–Crippen MR) is 34.9 cm³/mol. The average molecular weight is 118 g/mol. The second-order valence-corrected chi connectivity index (χ2v) is 1.71. The molecule has 0 aromatic heterocycles. The van der Waals surface area contributed by atoms with E-state index in [0.29, 0.717) is 6.42 Å². The zero-order valence-electron chi connectivity index (χ0n) is 4.92. The van der Waals surface area contributed by atoms with Crippen molar-refractivity contribution in [1.82, 2.24) is 0 Å². The molecule has 0 radical (unpaired) electrons. The van der Waals surface area contributed by atoms with Crippen LogP contribution in [0.2, 0.25) is 0 Å². The average Bonchev–Trinajstić information content (AvgIpc) is 1.91. The molecule has 1 rings (SSSR count). The van der Waals surface area contributed by atoms with Crippen molar-refractivity contribution in [2.75, 3.05) is 0 Å². The molecule has 0 bridgehead atoms. The lowest BCUT2D eigenvalue weighted by Crippen LogP contribution is -1.79. The van der Waals surface area contributed by atoms with E-state index in [1.54, 1.807) is 12.2 Å². The van der Waals surface area contributed by atoms with Gasteiger partial charge in [0.1, 0.15) is 6.29 Å². The third kappa shape index (κ3) is 1.58. The Bertz CT molecular complexity index is 233. The zero-order valence-corrected chi connectivity index (χ0v) is 4.92. The first-order valence-corrected chi connectivity index (χ1v) is 2.74. The molecule has 0 spiro atoms. The largest absolute Gasteiger partial charge is 0.303 e. The molecule has 44 valence electrons. The molecule has 0 aromatic rings. The first kappa shape index (κ1) is 5.84. The molecule has 1 aliphatic carbocycles. The van der Waals surface area contributed by atoms with Gasteiger partial charge in [-0.3, -0.25) is 0 Å². The second kappa shape index (κ2) is 2.88. The maximum absolute atomic E-state index is 9.95. The Hall–Kier alpha value is -1.29. The van der Waals surface area contributed by atoms with E-state index < -0.39 is 0 Å². The minimum absolute atomic E-state index is 0.477. The summed E-state index contributed by atoms with van der Waals surface area (Å²) in [5.41, 5.74) is 6.50. The van der Waals surface area contributed by atoms with E-state index in [1.807, 2.05) is 6.08 Å². The Morgan fingerprint density at radius 3 is 3.00 bits per heavy atom. The summed E-state index contributed by atoms with van der Waals surface area (Å²) >= 11 is 0. The number of hydrogen-bond acceptors (Lipinski definition) is 1. The van der Waals surface area contributed by atoms with Crippen LogP contribution >= 0.6 is 0 Å². The molecule has 0 aliphatic heterocycles. The van der Waals surface area contributed by atoms with E-state index >= 15 is 0 Å². The van der Waals surface area contributed by atoms with Gasteiger partial charge in [-0.25, -0.2) is 0 Å². The van der Waals surface area contributed by atoms with Gasteiger partial charge in [-0.15, -0.1) is 0 Å². The number of allylic oxidation sites excluding steroid dienone is 4. The Morgan fingerprint density at radius 1 is 1.56 bits per heavy atom. The molecule has 0 amide bonds. The van der Waals surface area contributed by atoms with Gasteiger partial charge in [-0.05, 0) is 23.8 Å². The maximum Gasteiger partial charge on any atom is 0.124 e. The molecule has 0 saturated heterocycles. The van der Waals surface area contributed by atoms with Gasteiger partial charge < -0.3 is 4.79 Å². The van der Waals surface area contributed by atoms with Gasteiger partial charge in [0.2, 0.25) is 0 Å². The molecule has 0 aromatic carbocycles. The van der Waals surface area contributed by atoms with Crippen LogP contribution in [0.5, 0.6) is 0 Å². The van der Waals surface area contributed by atoms with Crippen LogP contribution in [0.4, 0.5) is 0 Å². The molecule has 0 atom stereocenters. The highest BCUT2D eigenvalue weighted by Gasteiger charge is 1.88. The maximum atomic E-state index is 9.95. The van der Waals surface area contributed by atoms with Gasteiger partial charge in [-0.1, -0.05) is 11.5 Å². The van der Waals surface area contributed by atoms with Crippen LogP contribution in [0.1, 0.15) is 6.42 Å². The van der Waals surface area contributed by atoms with Crippen LogP contribution < -0.4 is 0 Å². The summed E-state index contributed by atoms with van der Waals surface area (Å²) in [7, 11) is 0. The van der Waals surface area contributed by atoms with Crippen molar-refractivity contribution in [3.8, 4) is 0 Å². The van der Waals surface area contributed by atoms with E-state index in [-0.39, 0.29) is 0 Å². The smallest absolute Gasteiger partial charge is 0.124 e. The lowest BCUT2D eigenvalue weighted by atomic mass is 10.1. The van der Waals surface area contributed by atoms with Crippen LogP contribution in [0.25, 0.3) is 0 Å². The number of carbonyl (C=O) groups excluding carboxylic acids is 1. The van der Waals surface area contributed by atoms with Crippen molar-refractivity contribution in [3.63, 3.8) is 0 Å². The Kier molecular flexibility index (Phi) is 1.87. The minimum atomic E-state index is 0.477. The minimum Gasteiger partial charge on any atom is -0.303 e. The monoisotopic (exact) mass is 118 g/mol. The molecule has 0 saturated carbocycles. The predicted octanol–water partition coefficient (Wildman–Crippen LogP) is 1.38. The van der Waals surface area contributed by atoms with Gasteiger partial charge in [0.25, 0.3) is 0 Å². The van der Waals surface area contributed by atoms with Crippen LogP contribution in [0.15, 0.2) is 35.3 Å². The number of carbonyl (C=O) groups is 1. The summed E-state index contributed by atoms with van der Waals surface area (Å²) in [5, 5.41) is 0. The van der Waals surface area contributed by atoms with Crippen LogP contribution in [0.3, 0.4) is 0 Å². The fraction of sp³-hybridized carbons (Fsp3) is 0.125. The van der Waals surface area contributed by atoms with Crippen molar-refractivity contribution in [3.05, 3.63) is 35.3 Å². The molecule has 0 fully saturated rings. The fourth-order valence-corrected chi connectivity index (χ4v) is 0.602.